The molecule has 2 rings (SSSR count). The average molecular weight is 279 g/mol. The van der Waals surface area contributed by atoms with Crippen LogP contribution >= 0.6 is 0 Å². The summed E-state index contributed by atoms with van der Waals surface area (Å²) in [6.07, 6.45) is 6.87. The van der Waals surface area contributed by atoms with Gasteiger partial charge >= 0.3 is 0 Å². The van der Waals surface area contributed by atoms with Crippen LogP contribution in [0.4, 0.5) is 10.2 Å². The van der Waals surface area contributed by atoms with Gasteiger partial charge in [0.15, 0.2) is 0 Å². The molecule has 1 heterocycles. The Morgan fingerprint density at radius 1 is 1.45 bits per heavy atom. The summed E-state index contributed by atoms with van der Waals surface area (Å²) in [4.78, 5) is 16.1. The molecule has 0 radical (unpaired) electrons. The number of amides is 1. The zero-order valence-corrected chi connectivity index (χ0v) is 11.9. The molecule has 20 heavy (non-hydrogen) atoms. The second kappa shape index (κ2) is 7.22. The molecular formula is C15H22FN3O. The van der Waals surface area contributed by atoms with Crippen molar-refractivity contribution in [2.75, 3.05) is 18.4 Å². The van der Waals surface area contributed by atoms with Crippen LogP contribution in [0.1, 0.15) is 49.4 Å². The maximum absolute atomic E-state index is 13.3. The van der Waals surface area contributed by atoms with Crippen molar-refractivity contribution in [2.45, 2.75) is 39.0 Å². The zero-order chi connectivity index (χ0) is 14.4. The molecular weight excluding hydrogens is 257 g/mol. The molecule has 1 aromatic heterocycles. The van der Waals surface area contributed by atoms with Gasteiger partial charge in [0, 0.05) is 13.1 Å². The van der Waals surface area contributed by atoms with Crippen LogP contribution in [-0.2, 0) is 0 Å². The lowest BCUT2D eigenvalue weighted by Crippen LogP contribution is -2.29. The summed E-state index contributed by atoms with van der Waals surface area (Å²) in [5.41, 5.74) is 0.288. The van der Waals surface area contributed by atoms with Crippen molar-refractivity contribution in [1.82, 2.24) is 10.3 Å². The van der Waals surface area contributed by atoms with Gasteiger partial charge in [-0.1, -0.05) is 19.8 Å². The molecule has 0 bridgehead atoms. The van der Waals surface area contributed by atoms with Crippen LogP contribution in [0.5, 0.6) is 0 Å². The molecule has 0 aromatic carbocycles. The molecule has 1 fully saturated rings. The van der Waals surface area contributed by atoms with Gasteiger partial charge in [-0.05, 0) is 31.2 Å². The second-order valence-corrected chi connectivity index (χ2v) is 5.34. The predicted molar refractivity (Wildman–Crippen MR) is 77.3 cm³/mol. The second-order valence-electron chi connectivity index (χ2n) is 5.34. The molecule has 0 saturated heterocycles. The Hall–Kier alpha value is -1.65. The van der Waals surface area contributed by atoms with E-state index in [1.165, 1.54) is 31.7 Å². The molecule has 1 saturated carbocycles. The highest BCUT2D eigenvalue weighted by atomic mass is 19.1. The minimum Gasteiger partial charge on any atom is -0.369 e. The predicted octanol–water partition coefficient (Wildman–Crippen LogP) is 2.96. The number of anilines is 1. The minimum atomic E-state index is -0.488. The van der Waals surface area contributed by atoms with Crippen molar-refractivity contribution in [2.24, 2.45) is 5.92 Å². The van der Waals surface area contributed by atoms with Crippen molar-refractivity contribution >= 4 is 11.7 Å². The van der Waals surface area contributed by atoms with E-state index in [1.54, 1.807) is 0 Å². The van der Waals surface area contributed by atoms with E-state index < -0.39 is 5.82 Å². The molecule has 110 valence electrons. The smallest absolute Gasteiger partial charge is 0.255 e. The molecule has 1 amide bonds. The van der Waals surface area contributed by atoms with Crippen molar-refractivity contribution < 1.29 is 9.18 Å². The summed E-state index contributed by atoms with van der Waals surface area (Å²) in [5.74, 6) is 0.283. The normalized spacial score (nSPS) is 15.3. The largest absolute Gasteiger partial charge is 0.369 e. The van der Waals surface area contributed by atoms with Crippen LogP contribution in [0.3, 0.4) is 0 Å². The number of carbonyl (C=O) groups is 1. The molecule has 1 aliphatic carbocycles. The highest BCUT2D eigenvalue weighted by molar-refractivity contribution is 5.98. The summed E-state index contributed by atoms with van der Waals surface area (Å²) in [7, 11) is 0. The first-order valence-corrected chi connectivity index (χ1v) is 7.38. The monoisotopic (exact) mass is 279 g/mol. The van der Waals surface area contributed by atoms with Gasteiger partial charge in [-0.15, -0.1) is 0 Å². The third-order valence-corrected chi connectivity index (χ3v) is 3.67. The number of aromatic nitrogens is 1. The quantitative estimate of drug-likeness (QED) is 0.841. The van der Waals surface area contributed by atoms with E-state index in [1.807, 2.05) is 6.92 Å². The minimum absolute atomic E-state index is 0.248. The summed E-state index contributed by atoms with van der Waals surface area (Å²) in [6, 6.07) is 1.25. The number of nitrogens with one attached hydrogen (secondary N) is 2. The fraction of sp³-hybridized carbons (Fsp3) is 0.600. The first kappa shape index (κ1) is 14.8. The maximum atomic E-state index is 13.3. The van der Waals surface area contributed by atoms with Gasteiger partial charge in [-0.25, -0.2) is 9.37 Å². The highest BCUT2D eigenvalue weighted by Gasteiger charge is 2.18. The molecule has 0 aliphatic heterocycles. The van der Waals surface area contributed by atoms with Gasteiger partial charge in [0.25, 0.3) is 5.91 Å². The third-order valence-electron chi connectivity index (χ3n) is 3.67. The molecule has 1 aliphatic rings. The summed E-state index contributed by atoms with van der Waals surface area (Å²) < 4.78 is 13.3. The van der Waals surface area contributed by atoms with Crippen LogP contribution in [0.25, 0.3) is 0 Å². The standard InChI is InChI=1S/C15H22FN3O/c1-2-7-17-14-13(8-12(16)10-18-14)15(20)19-9-11-5-3-4-6-11/h8,10-11H,2-7,9H2,1H3,(H,17,18)(H,19,20). The summed E-state index contributed by atoms with van der Waals surface area (Å²) in [5, 5.41) is 5.96. The summed E-state index contributed by atoms with van der Waals surface area (Å²) in [6.45, 7) is 3.40. The lowest BCUT2D eigenvalue weighted by atomic mass is 10.1. The third kappa shape index (κ3) is 3.92. The summed E-state index contributed by atoms with van der Waals surface area (Å²) >= 11 is 0. The van der Waals surface area contributed by atoms with Crippen molar-refractivity contribution in [3.8, 4) is 0 Å². The fourth-order valence-electron chi connectivity index (χ4n) is 2.54. The van der Waals surface area contributed by atoms with E-state index in [-0.39, 0.29) is 11.5 Å². The van der Waals surface area contributed by atoms with E-state index in [9.17, 15) is 9.18 Å². The fourth-order valence-corrected chi connectivity index (χ4v) is 2.54. The van der Waals surface area contributed by atoms with E-state index in [2.05, 4.69) is 15.6 Å². The number of rotatable bonds is 6. The van der Waals surface area contributed by atoms with Crippen LogP contribution in [0.15, 0.2) is 12.3 Å². The van der Waals surface area contributed by atoms with Crippen LogP contribution in [0, 0.1) is 11.7 Å². The highest BCUT2D eigenvalue weighted by Crippen LogP contribution is 2.24. The lowest BCUT2D eigenvalue weighted by Gasteiger charge is -2.13. The first-order chi connectivity index (χ1) is 9.70. The Labute approximate surface area is 119 Å². The molecule has 5 heteroatoms. The van der Waals surface area contributed by atoms with Crippen LogP contribution in [0.2, 0.25) is 0 Å². The molecule has 0 spiro atoms. The molecule has 1 aromatic rings. The number of nitrogens with zero attached hydrogens (tertiary/aromatic N) is 1. The SMILES string of the molecule is CCCNc1ncc(F)cc1C(=O)NCC1CCCC1. The lowest BCUT2D eigenvalue weighted by molar-refractivity contribution is 0.0947. The van der Waals surface area contributed by atoms with E-state index >= 15 is 0 Å². The average Bonchev–Trinajstić information content (AvgIpc) is 2.96. The molecule has 0 unspecified atom stereocenters. The van der Waals surface area contributed by atoms with Crippen LogP contribution < -0.4 is 10.6 Å². The van der Waals surface area contributed by atoms with E-state index in [0.29, 0.717) is 24.8 Å². The number of hydrogen-bond donors (Lipinski definition) is 2. The van der Waals surface area contributed by atoms with Gasteiger partial charge in [0.05, 0.1) is 11.8 Å². The number of pyridine rings is 1. The molecule has 4 nitrogen and oxygen atoms in total. The van der Waals surface area contributed by atoms with E-state index in [4.69, 9.17) is 0 Å². The van der Waals surface area contributed by atoms with Gasteiger partial charge in [0.2, 0.25) is 0 Å². The zero-order valence-electron chi connectivity index (χ0n) is 11.9. The number of carbonyl (C=O) groups excluding carboxylic acids is 1. The van der Waals surface area contributed by atoms with Crippen molar-refractivity contribution in [3.05, 3.63) is 23.6 Å². The van der Waals surface area contributed by atoms with Crippen molar-refractivity contribution in [3.63, 3.8) is 0 Å². The topological polar surface area (TPSA) is 54.0 Å². The first-order valence-electron chi connectivity index (χ1n) is 7.38. The van der Waals surface area contributed by atoms with E-state index in [0.717, 1.165) is 12.6 Å². The Balaban J connectivity index is 2.00. The maximum Gasteiger partial charge on any atom is 0.255 e. The van der Waals surface area contributed by atoms with Crippen LogP contribution in [-0.4, -0.2) is 24.0 Å². The Kier molecular flexibility index (Phi) is 5.32. The Bertz CT molecular complexity index is 458. The van der Waals surface area contributed by atoms with Gasteiger partial charge in [-0.2, -0.15) is 0 Å². The number of hydrogen-bond acceptors (Lipinski definition) is 3. The van der Waals surface area contributed by atoms with Gasteiger partial charge in [0.1, 0.15) is 11.6 Å². The van der Waals surface area contributed by atoms with Gasteiger partial charge in [-0.3, -0.25) is 4.79 Å². The number of halogens is 1. The molecule has 2 N–H and O–H groups in total. The van der Waals surface area contributed by atoms with Crippen molar-refractivity contribution in [1.29, 1.82) is 0 Å². The Morgan fingerprint density at radius 3 is 2.90 bits per heavy atom. The molecule has 0 atom stereocenters. The Morgan fingerprint density at radius 2 is 2.20 bits per heavy atom. The van der Waals surface area contributed by atoms with Gasteiger partial charge < -0.3 is 10.6 Å².